The summed E-state index contributed by atoms with van der Waals surface area (Å²) in [6.07, 6.45) is 14.0. The molecule has 0 saturated heterocycles. The molecule has 0 aromatic heterocycles. The van der Waals surface area contributed by atoms with Crippen LogP contribution in [0.4, 0.5) is 0 Å². The molecule has 1 aromatic carbocycles. The molecule has 0 aliphatic heterocycles. The van der Waals surface area contributed by atoms with Crippen LogP contribution >= 0.6 is 0 Å². The molecule has 0 spiro atoms. The average molecular weight is 479 g/mol. The van der Waals surface area contributed by atoms with Crippen molar-refractivity contribution in [2.45, 2.75) is 117 Å². The topological polar surface area (TPSA) is 40.5 Å². The Balaban J connectivity index is 1.33. The molecular weight excluding hydrogens is 428 g/mol. The highest BCUT2D eigenvalue weighted by Gasteiger charge is 2.64. The molecule has 4 aliphatic carbocycles. The van der Waals surface area contributed by atoms with Crippen molar-refractivity contribution in [2.75, 3.05) is 0 Å². The van der Waals surface area contributed by atoms with Gasteiger partial charge in [0, 0.05) is 0 Å². The van der Waals surface area contributed by atoms with Crippen LogP contribution in [-0.2, 0) is 5.60 Å². The predicted octanol–water partition coefficient (Wildman–Crippen LogP) is 8.03. The first kappa shape index (κ1) is 25.5. The quantitative estimate of drug-likeness (QED) is 0.420. The van der Waals surface area contributed by atoms with Crippen molar-refractivity contribution in [3.05, 3.63) is 47.5 Å². The summed E-state index contributed by atoms with van der Waals surface area (Å²) in [6, 6.07) is 10.2. The molecule has 0 amide bonds. The van der Waals surface area contributed by atoms with E-state index in [2.05, 4.69) is 45.9 Å². The maximum Gasteiger partial charge on any atom is 0.0868 e. The smallest absolute Gasteiger partial charge is 0.0868 e. The molecule has 3 saturated carbocycles. The maximum atomic E-state index is 11.2. The SMILES string of the molecule is C[C@H](CCC(C)(O)c1ccccc1)[C@H]1CC[C@@H]2[C@]1(C)CC[C@H]1[C@@]2(C)CC=C2C[C@@](C)(O)CC[C@@]21C. The van der Waals surface area contributed by atoms with Crippen LogP contribution in [0.15, 0.2) is 42.0 Å². The monoisotopic (exact) mass is 478 g/mol. The highest BCUT2D eigenvalue weighted by atomic mass is 16.3. The molecule has 35 heavy (non-hydrogen) atoms. The van der Waals surface area contributed by atoms with Crippen LogP contribution in [0.5, 0.6) is 0 Å². The van der Waals surface area contributed by atoms with Gasteiger partial charge in [-0.2, -0.15) is 0 Å². The van der Waals surface area contributed by atoms with E-state index in [0.29, 0.717) is 16.7 Å². The van der Waals surface area contributed by atoms with Crippen LogP contribution in [0.25, 0.3) is 0 Å². The molecule has 4 aliphatic rings. The molecule has 194 valence electrons. The average Bonchev–Trinajstić information content (AvgIpc) is 3.17. The van der Waals surface area contributed by atoms with Crippen LogP contribution in [0.3, 0.4) is 0 Å². The molecular formula is C33H50O2. The first-order valence-electron chi connectivity index (χ1n) is 14.5. The van der Waals surface area contributed by atoms with Crippen LogP contribution < -0.4 is 0 Å². The van der Waals surface area contributed by atoms with E-state index < -0.39 is 11.2 Å². The highest BCUT2D eigenvalue weighted by molar-refractivity contribution is 5.29. The van der Waals surface area contributed by atoms with Gasteiger partial charge in [-0.1, -0.05) is 69.7 Å². The molecule has 0 bridgehead atoms. The second-order valence-electron chi connectivity index (χ2n) is 14.5. The van der Waals surface area contributed by atoms with E-state index in [0.717, 1.165) is 55.4 Å². The van der Waals surface area contributed by atoms with E-state index in [4.69, 9.17) is 0 Å². The van der Waals surface area contributed by atoms with E-state index >= 15 is 0 Å². The largest absolute Gasteiger partial charge is 0.390 e. The van der Waals surface area contributed by atoms with Crippen molar-refractivity contribution < 1.29 is 10.2 Å². The van der Waals surface area contributed by atoms with E-state index in [1.54, 1.807) is 5.57 Å². The molecule has 9 atom stereocenters. The minimum atomic E-state index is -0.751. The Morgan fingerprint density at radius 2 is 1.66 bits per heavy atom. The number of aliphatic hydroxyl groups is 2. The molecule has 0 heterocycles. The Bertz CT molecular complexity index is 961. The summed E-state index contributed by atoms with van der Waals surface area (Å²) < 4.78 is 0. The van der Waals surface area contributed by atoms with E-state index in [9.17, 15) is 10.2 Å². The van der Waals surface area contributed by atoms with Crippen molar-refractivity contribution in [1.82, 2.24) is 0 Å². The Kier molecular flexibility index (Phi) is 6.16. The molecule has 1 aromatic rings. The van der Waals surface area contributed by atoms with Gasteiger partial charge < -0.3 is 10.2 Å². The van der Waals surface area contributed by atoms with Crippen molar-refractivity contribution in [2.24, 2.45) is 39.9 Å². The fourth-order valence-corrected chi connectivity index (χ4v) is 10.1. The van der Waals surface area contributed by atoms with Crippen molar-refractivity contribution >= 4 is 0 Å². The predicted molar refractivity (Wildman–Crippen MR) is 145 cm³/mol. The first-order valence-corrected chi connectivity index (χ1v) is 14.5. The van der Waals surface area contributed by atoms with Crippen molar-refractivity contribution in [1.29, 1.82) is 0 Å². The molecule has 2 N–H and O–H groups in total. The summed E-state index contributed by atoms with van der Waals surface area (Å²) in [5.41, 5.74) is 2.39. The number of hydrogen-bond donors (Lipinski definition) is 2. The lowest BCUT2D eigenvalue weighted by Gasteiger charge is -2.64. The lowest BCUT2D eigenvalue weighted by molar-refractivity contribution is -0.121. The third-order valence-electron chi connectivity index (χ3n) is 12.2. The minimum Gasteiger partial charge on any atom is -0.390 e. The minimum absolute atomic E-state index is 0.272. The molecule has 2 heteroatoms. The number of rotatable bonds is 5. The lowest BCUT2D eigenvalue weighted by Crippen LogP contribution is -2.57. The highest BCUT2D eigenvalue weighted by Crippen LogP contribution is 2.72. The third kappa shape index (κ3) is 4.06. The molecule has 1 unspecified atom stereocenters. The van der Waals surface area contributed by atoms with E-state index in [1.807, 2.05) is 32.0 Å². The number of allylic oxidation sites excluding steroid dienone is 1. The Morgan fingerprint density at radius 3 is 2.37 bits per heavy atom. The van der Waals surface area contributed by atoms with Gasteiger partial charge in [0.05, 0.1) is 11.2 Å². The summed E-state index contributed by atoms with van der Waals surface area (Å²) in [5.74, 6) is 2.92. The van der Waals surface area contributed by atoms with Gasteiger partial charge in [0.2, 0.25) is 0 Å². The van der Waals surface area contributed by atoms with E-state index in [-0.39, 0.29) is 5.41 Å². The van der Waals surface area contributed by atoms with Gasteiger partial charge in [0.25, 0.3) is 0 Å². The maximum absolute atomic E-state index is 11.2. The molecule has 5 rings (SSSR count). The van der Waals surface area contributed by atoms with Crippen molar-refractivity contribution in [3.8, 4) is 0 Å². The van der Waals surface area contributed by atoms with Crippen LogP contribution in [0, 0.1) is 39.9 Å². The third-order valence-corrected chi connectivity index (χ3v) is 12.2. The van der Waals surface area contributed by atoms with Gasteiger partial charge in [0.15, 0.2) is 0 Å². The Morgan fingerprint density at radius 1 is 0.943 bits per heavy atom. The lowest BCUT2D eigenvalue weighted by atomic mass is 9.41. The zero-order valence-corrected chi connectivity index (χ0v) is 23.2. The van der Waals surface area contributed by atoms with E-state index in [1.165, 1.54) is 32.1 Å². The standard InChI is InChI=1S/C33H50O2/c1-23(14-19-33(6,35)24-10-8-7-9-11-24)26-12-13-27-31(26,4)18-16-28-30(3)21-20-29(2,34)22-25(30)15-17-32(27,28)5/h7-11,15,23,26-28,34-35H,12-14,16-22H2,1-6H3/t23-,26-,27-,28-,29+,30+,31-,32+,33?/m1/s1. The van der Waals surface area contributed by atoms with Gasteiger partial charge in [-0.05, 0) is 124 Å². The molecule has 2 nitrogen and oxygen atoms in total. The summed E-state index contributed by atoms with van der Waals surface area (Å²) in [5, 5.41) is 22.0. The Labute approximate surface area is 214 Å². The second kappa shape index (κ2) is 8.45. The van der Waals surface area contributed by atoms with Crippen LogP contribution in [0.2, 0.25) is 0 Å². The zero-order valence-electron chi connectivity index (χ0n) is 23.2. The summed E-state index contributed by atoms with van der Waals surface area (Å²) in [6.45, 7) is 14.3. The number of benzene rings is 1. The summed E-state index contributed by atoms with van der Waals surface area (Å²) in [4.78, 5) is 0. The molecule has 3 fully saturated rings. The first-order chi connectivity index (χ1) is 16.3. The number of fused-ring (bicyclic) bond motifs is 5. The zero-order chi connectivity index (χ0) is 25.3. The van der Waals surface area contributed by atoms with Gasteiger partial charge in [-0.3, -0.25) is 0 Å². The second-order valence-corrected chi connectivity index (χ2v) is 14.5. The normalized spacial score (nSPS) is 45.5. The fourth-order valence-electron chi connectivity index (χ4n) is 10.1. The summed E-state index contributed by atoms with van der Waals surface area (Å²) >= 11 is 0. The van der Waals surface area contributed by atoms with Crippen molar-refractivity contribution in [3.63, 3.8) is 0 Å². The van der Waals surface area contributed by atoms with Crippen LogP contribution in [-0.4, -0.2) is 15.8 Å². The van der Waals surface area contributed by atoms with Gasteiger partial charge in [0.1, 0.15) is 0 Å². The fraction of sp³-hybridized carbons (Fsp3) is 0.758. The summed E-state index contributed by atoms with van der Waals surface area (Å²) in [7, 11) is 0. The van der Waals surface area contributed by atoms with Gasteiger partial charge >= 0.3 is 0 Å². The van der Waals surface area contributed by atoms with Crippen LogP contribution in [0.1, 0.15) is 111 Å². The van der Waals surface area contributed by atoms with Gasteiger partial charge in [-0.15, -0.1) is 0 Å². The van der Waals surface area contributed by atoms with Gasteiger partial charge in [-0.25, -0.2) is 0 Å². The molecule has 0 radical (unpaired) electrons. The number of hydrogen-bond acceptors (Lipinski definition) is 2. The Hall–Kier alpha value is -1.12.